The van der Waals surface area contributed by atoms with Crippen LogP contribution in [0, 0.1) is 20.8 Å². The van der Waals surface area contributed by atoms with Crippen molar-refractivity contribution in [1.82, 2.24) is 102 Å². The third-order valence-electron chi connectivity index (χ3n) is 20.6. The summed E-state index contributed by atoms with van der Waals surface area (Å²) >= 11 is 0. The number of hydrogen-bond donors (Lipinski definition) is 15. The van der Waals surface area contributed by atoms with E-state index in [0.717, 1.165) is 32.7 Å². The monoisotopic (exact) mass is 1880 g/mol. The maximum Gasteiger partial charge on any atom is 0.472 e. The van der Waals surface area contributed by atoms with Crippen LogP contribution in [0.4, 0.5) is 17.8 Å². The lowest BCUT2D eigenvalue weighted by Gasteiger charge is -2.26. The van der Waals surface area contributed by atoms with Gasteiger partial charge in [-0.1, -0.05) is 0 Å². The molecule has 6 saturated heterocycles. The van der Waals surface area contributed by atoms with E-state index in [1.807, 2.05) is 0 Å². The second-order valence-corrected chi connectivity index (χ2v) is 32.9. The number of hydrogen-bond acceptors (Lipinski definition) is 48. The molecule has 0 aliphatic carbocycles. The molecule has 27 atom stereocenters. The highest BCUT2D eigenvalue weighted by Gasteiger charge is 2.56. The Kier molecular flexibility index (Phi) is 30.1. The summed E-state index contributed by atoms with van der Waals surface area (Å²) in [6.45, 7) is 4.41. The normalized spacial score (nSPS) is 30.8. The van der Waals surface area contributed by atoms with Gasteiger partial charge in [0.05, 0.1) is 58.6 Å². The Balaban J connectivity index is 0.000000164. The SMILES string of the molecule is CCO[C@H]1C(OP(=O)(O)OC[C@H]2O[C@@H](n3cnc4c(=O)[nH]c(C)nc43)[C@@H](OCC)C2O)[C@@H](CO)O[C@H]1n1cnc(N)nc1=O.CO[C@H]1C(O)[C@@H](COP(=O)(O)OC2[C@@H](CO)O[C@@H](n3cnc4c(=O)[nH]c(C)nc43)[C@H]2OC)O[C@H]1n1cnc(N)nc1=O.CO[C@H]1C(OP(=O)(O)OC[C@H]2O[C@@H](n3cnc4c(=O)[nH]c(C)nc43)[C@@H](OC)C2O)[C@@H](CO)O[C@H]1n1cnc(N)nc1=O. The molecule has 0 radical (unpaired) electrons. The fourth-order valence-corrected chi connectivity index (χ4v) is 17.8. The second kappa shape index (κ2) is 40.1. The third-order valence-corrected chi connectivity index (χ3v) is 23.6. The lowest BCUT2D eigenvalue weighted by atomic mass is 10.1. The molecule has 0 aromatic carbocycles. The molecule has 9 aromatic rings. The molecule has 0 amide bonds. The first-order valence-electron chi connectivity index (χ1n) is 38.5. The molecule has 0 bridgehead atoms. The van der Waals surface area contributed by atoms with E-state index in [2.05, 4.69) is 74.8 Å². The van der Waals surface area contributed by atoms with Crippen LogP contribution < -0.4 is 50.9 Å². The van der Waals surface area contributed by atoms with Crippen LogP contribution in [0.3, 0.4) is 0 Å². The number of methoxy groups -OCH3 is 4. The topological polar surface area (TPSA) is 812 Å². The van der Waals surface area contributed by atoms with E-state index in [1.165, 1.54) is 61.1 Å². The lowest BCUT2D eigenvalue weighted by Crippen LogP contribution is -2.40. The van der Waals surface area contributed by atoms with Gasteiger partial charge in [0.1, 0.15) is 146 Å². The van der Waals surface area contributed by atoms with E-state index >= 15 is 0 Å². The van der Waals surface area contributed by atoms with E-state index in [9.17, 15) is 87.8 Å². The van der Waals surface area contributed by atoms with Crippen LogP contribution >= 0.6 is 23.5 Å². The molecule has 63 heteroatoms. The van der Waals surface area contributed by atoms with E-state index in [1.54, 1.807) is 34.6 Å². The number of phosphoric ester groups is 3. The minimum absolute atomic E-state index is 0.0238. The van der Waals surface area contributed by atoms with Crippen molar-refractivity contribution in [3.63, 3.8) is 0 Å². The number of nitrogens with one attached hydrogen (secondary N) is 3. The maximum atomic E-state index is 13.1. The van der Waals surface area contributed by atoms with Crippen LogP contribution in [0.2, 0.25) is 0 Å². The third kappa shape index (κ3) is 20.2. The standard InChI is InChI=1S/C23H33N8O12P.2C21H29N8O12P/c1-4-38-16-14(33)12(42-20(16)30-8-25-13-18(30)27-10(3)28-19(13)34)7-40-44(36,37)43-15-11(6-32)41-21(17(15)39-5-2)31-9-26-22(24)29-23(31)35;1-8-25-16-11(17(32)26-8)23-6-28(16)19-15(37-3)13(9(4-30)39-19)41-42(34,35)38-5-10-12(31)14(36-2)18(40-10)29-7-24-20(22)27-21(29)33;1-8-25-16-11(17(32)26-8)23-6-28(16)18-14(36-2)12(31)10(40-18)5-38-42(34,35)41-13-9(4-30)39-19(15(13)37-3)29-7-24-20(22)27-21(29)33/h8-9,11-12,14-17,20-21,32-33H,4-7H2,1-3H3,(H,36,37)(H2,24,29,35)(H,27,28,34);2*6-7,9-10,12-15,18-19,30-31H,4-5H2,1-3H3,(H,34,35)(H2,22,27,33)(H,25,26,32)/t11-,12-,14?,15?,16+,17+,20-,21-;2*9-,10-,12?,13?,14+,15+,18-,19-/m111/s1. The predicted octanol–water partition coefficient (Wildman–Crippen LogP) is -7.19. The number of aliphatic hydroxyl groups excluding tert-OH is 6. The van der Waals surface area contributed by atoms with Crippen LogP contribution in [0.1, 0.15) is 68.7 Å². The number of nitrogens with zero attached hydrogens (tertiary/aromatic N) is 18. The Hall–Kier alpha value is -9.51. The van der Waals surface area contributed by atoms with Crippen LogP contribution in [0.15, 0.2) is 66.7 Å². The maximum absolute atomic E-state index is 13.1. The van der Waals surface area contributed by atoms with E-state index in [0.29, 0.717) is 17.5 Å². The number of phosphoric acid groups is 3. The summed E-state index contributed by atoms with van der Waals surface area (Å²) in [5, 5.41) is 62.3. The minimum Gasteiger partial charge on any atom is -0.394 e. The van der Waals surface area contributed by atoms with Gasteiger partial charge in [-0.2, -0.15) is 15.0 Å². The molecule has 0 spiro atoms. The predicted molar refractivity (Wildman–Crippen MR) is 419 cm³/mol. The smallest absolute Gasteiger partial charge is 0.394 e. The number of ether oxygens (including phenoxy) is 12. The molecule has 15 heterocycles. The number of aromatic amines is 3. The van der Waals surface area contributed by atoms with Crippen molar-refractivity contribution in [2.24, 2.45) is 0 Å². The van der Waals surface area contributed by atoms with Crippen LogP contribution in [-0.4, -0.2) is 339 Å². The first-order valence-corrected chi connectivity index (χ1v) is 42.9. The molecular weight excluding hydrogens is 1790 g/mol. The number of rotatable bonds is 32. The Bertz CT molecular complexity index is 5940. The Morgan fingerprint density at radius 2 is 0.617 bits per heavy atom. The highest BCUT2D eigenvalue weighted by Crippen LogP contribution is 2.53. The molecule has 9 aromatic heterocycles. The molecule has 6 fully saturated rings. The number of aliphatic hydroxyl groups is 6. The van der Waals surface area contributed by atoms with Crippen molar-refractivity contribution in [3.8, 4) is 0 Å². The van der Waals surface area contributed by atoms with E-state index in [-0.39, 0.29) is 64.6 Å². The number of aromatic nitrogens is 21. The quantitative estimate of drug-likeness (QED) is 0.0174. The average molecular weight is 1880 g/mol. The van der Waals surface area contributed by atoms with Gasteiger partial charge in [0.2, 0.25) is 17.8 Å². The van der Waals surface area contributed by atoms with Crippen molar-refractivity contribution < 1.29 is 143 Å². The number of fused-ring (bicyclic) bond motifs is 3. The molecule has 702 valence electrons. The van der Waals surface area contributed by atoms with E-state index in [4.69, 9.17) is 101 Å². The van der Waals surface area contributed by atoms with Crippen LogP contribution in [0.25, 0.3) is 33.5 Å². The lowest BCUT2D eigenvalue weighted by molar-refractivity contribution is -0.0732. The molecule has 6 aliphatic heterocycles. The fraction of sp³-hybridized carbons (Fsp3) is 0.631. The molecule has 9 unspecified atom stereocenters. The van der Waals surface area contributed by atoms with Gasteiger partial charge in [-0.25, -0.2) is 72.9 Å². The number of anilines is 3. The summed E-state index contributed by atoms with van der Waals surface area (Å²) in [4.78, 5) is 160. The van der Waals surface area contributed by atoms with Crippen molar-refractivity contribution in [2.75, 3.05) is 98.5 Å². The zero-order chi connectivity index (χ0) is 92.4. The van der Waals surface area contributed by atoms with Crippen molar-refractivity contribution in [1.29, 1.82) is 0 Å². The molecular formula is C65H91N24O36P3. The summed E-state index contributed by atoms with van der Waals surface area (Å²) < 4.78 is 145. The summed E-state index contributed by atoms with van der Waals surface area (Å²) in [5.74, 6) is 0.137. The number of imidazole rings is 3. The highest BCUT2D eigenvalue weighted by molar-refractivity contribution is 7.48. The Morgan fingerprint density at radius 1 is 0.367 bits per heavy atom. The van der Waals surface area contributed by atoms with Gasteiger partial charge < -0.3 is 134 Å². The highest BCUT2D eigenvalue weighted by atomic mass is 31.2. The van der Waals surface area contributed by atoms with Gasteiger partial charge in [-0.05, 0) is 34.6 Å². The summed E-state index contributed by atoms with van der Waals surface area (Å²) in [6.07, 6.45) is -21.8. The minimum atomic E-state index is -4.96. The molecule has 60 nitrogen and oxygen atoms in total. The van der Waals surface area contributed by atoms with Gasteiger partial charge in [0.25, 0.3) is 16.7 Å². The number of nitrogens with two attached hydrogens (primary N) is 3. The molecule has 15 rings (SSSR count). The van der Waals surface area contributed by atoms with Crippen molar-refractivity contribution in [2.45, 2.75) is 182 Å². The van der Waals surface area contributed by atoms with Gasteiger partial charge in [0.15, 0.2) is 70.9 Å². The molecule has 6 aliphatic rings. The number of nitrogen functional groups attached to an aromatic ring is 3. The van der Waals surface area contributed by atoms with Gasteiger partial charge in [0, 0.05) is 41.7 Å². The molecule has 128 heavy (non-hydrogen) atoms. The first kappa shape index (κ1) is 96.1. The van der Waals surface area contributed by atoms with Gasteiger partial charge >= 0.3 is 40.5 Å². The largest absolute Gasteiger partial charge is 0.472 e. The van der Waals surface area contributed by atoms with Crippen molar-refractivity contribution >= 4 is 74.8 Å². The zero-order valence-corrected chi connectivity index (χ0v) is 71.3. The summed E-state index contributed by atoms with van der Waals surface area (Å²) in [6, 6.07) is 0. The first-order chi connectivity index (χ1) is 60.9. The summed E-state index contributed by atoms with van der Waals surface area (Å²) in [5.41, 5.74) is 13.0. The molecule has 0 saturated carbocycles. The fourth-order valence-electron chi connectivity index (χ4n) is 14.9. The van der Waals surface area contributed by atoms with Gasteiger partial charge in [-0.15, -0.1) is 0 Å². The average Bonchev–Trinajstić information content (AvgIpc) is 1.63. The van der Waals surface area contributed by atoms with Crippen LogP contribution in [0.5, 0.6) is 0 Å². The Morgan fingerprint density at radius 3 is 0.914 bits per heavy atom. The number of aryl methyl sites for hydroxylation is 3. The summed E-state index contributed by atoms with van der Waals surface area (Å²) in [7, 11) is -9.70. The Labute approximate surface area is 715 Å². The van der Waals surface area contributed by atoms with Crippen LogP contribution in [-0.2, 0) is 97.7 Å². The van der Waals surface area contributed by atoms with E-state index < -0.39 is 244 Å². The zero-order valence-electron chi connectivity index (χ0n) is 68.6. The number of H-pyrrole nitrogens is 3. The molecule has 18 N–H and O–H groups in total. The second-order valence-electron chi connectivity index (χ2n) is 28.7. The van der Waals surface area contributed by atoms with Crippen molar-refractivity contribution in [3.05, 3.63) is 118 Å². The van der Waals surface area contributed by atoms with Gasteiger partial charge in [-0.3, -0.25) is 68.9 Å².